The minimum Gasteiger partial charge on any atom is -0.291 e. The summed E-state index contributed by atoms with van der Waals surface area (Å²) >= 11 is 0. The van der Waals surface area contributed by atoms with Crippen molar-refractivity contribution in [3.63, 3.8) is 0 Å². The smallest absolute Gasteiger partial charge is 0.0584 e. The Morgan fingerprint density at radius 2 is 2.15 bits per heavy atom. The quantitative estimate of drug-likeness (QED) is 0.605. The lowest BCUT2D eigenvalue weighted by molar-refractivity contribution is 0.281. The predicted octanol–water partition coefficient (Wildman–Crippen LogP) is 2.24. The molecule has 0 saturated heterocycles. The summed E-state index contributed by atoms with van der Waals surface area (Å²) in [5.41, 5.74) is 2.44. The van der Waals surface area contributed by atoms with Crippen molar-refractivity contribution >= 4 is 6.21 Å². The average Bonchev–Trinajstić information content (AvgIpc) is 2.48. The summed E-state index contributed by atoms with van der Waals surface area (Å²) in [6.45, 7) is 12.1. The third-order valence-electron chi connectivity index (χ3n) is 2.36. The Kier molecular flexibility index (Phi) is 3.43. The maximum absolute atomic E-state index is 4.35. The highest BCUT2D eigenvalue weighted by Crippen LogP contribution is 2.20. The van der Waals surface area contributed by atoms with Gasteiger partial charge in [0, 0.05) is 25.3 Å². The Morgan fingerprint density at radius 1 is 1.46 bits per heavy atom. The lowest BCUT2D eigenvalue weighted by Crippen LogP contribution is -2.28. The van der Waals surface area contributed by atoms with Gasteiger partial charge in [0.2, 0.25) is 0 Å². The van der Waals surface area contributed by atoms with Crippen LogP contribution in [0.3, 0.4) is 0 Å². The van der Waals surface area contributed by atoms with Gasteiger partial charge in [0.15, 0.2) is 0 Å². The van der Waals surface area contributed by atoms with Gasteiger partial charge in [0.05, 0.1) is 5.70 Å². The Bertz CT molecular complexity index is 249. The van der Waals surface area contributed by atoms with E-state index < -0.39 is 0 Å². The van der Waals surface area contributed by atoms with E-state index in [9.17, 15) is 0 Å². The Labute approximate surface area is 80.7 Å². The van der Waals surface area contributed by atoms with Gasteiger partial charge in [0.25, 0.3) is 0 Å². The maximum atomic E-state index is 4.35. The summed E-state index contributed by atoms with van der Waals surface area (Å²) in [4.78, 5) is 6.74. The van der Waals surface area contributed by atoms with Gasteiger partial charge in [-0.2, -0.15) is 0 Å². The van der Waals surface area contributed by atoms with Crippen LogP contribution in [-0.2, 0) is 0 Å². The molecule has 72 valence electrons. The van der Waals surface area contributed by atoms with E-state index in [1.165, 1.54) is 11.3 Å². The summed E-state index contributed by atoms with van der Waals surface area (Å²) in [5.74, 6) is 0. The molecule has 0 saturated carbocycles. The van der Waals surface area contributed by atoms with Crippen LogP contribution in [0.2, 0.25) is 0 Å². The fourth-order valence-electron chi connectivity index (χ4n) is 1.49. The number of hydrogen-bond acceptors (Lipinski definition) is 2. The molecule has 1 heterocycles. The van der Waals surface area contributed by atoms with Crippen molar-refractivity contribution in [1.29, 1.82) is 0 Å². The molecule has 2 heteroatoms. The topological polar surface area (TPSA) is 15.6 Å². The molecule has 0 aromatic heterocycles. The minimum absolute atomic E-state index is 0.583. The van der Waals surface area contributed by atoms with Gasteiger partial charge in [-0.05, 0) is 26.3 Å². The molecular weight excluding hydrogens is 160 g/mol. The van der Waals surface area contributed by atoms with Crippen LogP contribution in [0.5, 0.6) is 0 Å². The highest BCUT2D eigenvalue weighted by molar-refractivity contribution is 5.56. The van der Waals surface area contributed by atoms with E-state index in [2.05, 4.69) is 30.3 Å². The second kappa shape index (κ2) is 4.38. The van der Waals surface area contributed by atoms with Crippen molar-refractivity contribution in [2.45, 2.75) is 26.8 Å². The normalized spacial score (nSPS) is 19.4. The maximum Gasteiger partial charge on any atom is 0.0584 e. The zero-order chi connectivity index (χ0) is 9.84. The van der Waals surface area contributed by atoms with E-state index in [1.54, 1.807) is 0 Å². The first-order chi connectivity index (χ1) is 6.19. The molecule has 1 rings (SSSR count). The minimum atomic E-state index is 0.583. The van der Waals surface area contributed by atoms with Crippen LogP contribution in [0, 0.1) is 0 Å². The molecule has 2 nitrogen and oxygen atoms in total. The first kappa shape index (κ1) is 10.2. The summed E-state index contributed by atoms with van der Waals surface area (Å²) in [7, 11) is 0. The predicted molar refractivity (Wildman–Crippen MR) is 58.1 cm³/mol. The largest absolute Gasteiger partial charge is 0.291 e. The molecule has 0 fully saturated rings. The molecule has 0 unspecified atom stereocenters. The molecule has 0 spiro atoms. The van der Waals surface area contributed by atoms with E-state index >= 15 is 0 Å². The molecule has 13 heavy (non-hydrogen) atoms. The van der Waals surface area contributed by atoms with Gasteiger partial charge in [-0.25, -0.2) is 0 Å². The average molecular weight is 178 g/mol. The summed E-state index contributed by atoms with van der Waals surface area (Å²) in [6, 6.07) is 0.583. The molecule has 0 N–H and O–H groups in total. The van der Waals surface area contributed by atoms with Crippen LogP contribution < -0.4 is 0 Å². The van der Waals surface area contributed by atoms with Gasteiger partial charge < -0.3 is 0 Å². The van der Waals surface area contributed by atoms with E-state index in [0.29, 0.717) is 6.04 Å². The third kappa shape index (κ3) is 2.28. The number of hydrogen-bond donors (Lipinski definition) is 0. The highest BCUT2D eigenvalue weighted by Gasteiger charge is 2.21. The van der Waals surface area contributed by atoms with E-state index in [1.807, 2.05) is 19.2 Å². The van der Waals surface area contributed by atoms with Crippen LogP contribution in [0.4, 0.5) is 0 Å². The lowest BCUT2D eigenvalue weighted by Gasteiger charge is -2.19. The molecule has 0 amide bonds. The van der Waals surface area contributed by atoms with Crippen LogP contribution >= 0.6 is 0 Å². The number of rotatable bonds is 3. The van der Waals surface area contributed by atoms with Crippen molar-refractivity contribution in [2.75, 3.05) is 13.1 Å². The van der Waals surface area contributed by atoms with Gasteiger partial charge >= 0.3 is 0 Å². The van der Waals surface area contributed by atoms with Crippen molar-refractivity contribution in [2.24, 2.45) is 4.99 Å². The van der Waals surface area contributed by atoms with Crippen LogP contribution in [0.1, 0.15) is 20.8 Å². The third-order valence-corrected chi connectivity index (χ3v) is 2.36. The van der Waals surface area contributed by atoms with Gasteiger partial charge in [0.1, 0.15) is 0 Å². The lowest BCUT2D eigenvalue weighted by atomic mass is 10.2. The Balaban J connectivity index is 2.74. The fraction of sp³-hybridized carbons (Fsp3) is 0.545. The molecular formula is C11H18N2. The van der Waals surface area contributed by atoms with E-state index in [0.717, 1.165) is 13.1 Å². The molecule has 1 aliphatic rings. The van der Waals surface area contributed by atoms with E-state index in [4.69, 9.17) is 0 Å². The van der Waals surface area contributed by atoms with Gasteiger partial charge in [-0.1, -0.05) is 12.7 Å². The van der Waals surface area contributed by atoms with Crippen LogP contribution in [0.25, 0.3) is 0 Å². The van der Waals surface area contributed by atoms with Crippen molar-refractivity contribution in [3.05, 3.63) is 23.9 Å². The highest BCUT2D eigenvalue weighted by atomic mass is 15.2. The Hall–Kier alpha value is -0.890. The summed E-state index contributed by atoms with van der Waals surface area (Å²) < 4.78 is 0. The number of nitrogens with zero attached hydrogens (tertiary/aromatic N) is 2. The van der Waals surface area contributed by atoms with Gasteiger partial charge in [-0.3, -0.25) is 9.89 Å². The van der Waals surface area contributed by atoms with E-state index in [-0.39, 0.29) is 0 Å². The standard InChI is InChI=1S/C11H18N2/c1-5-10-7-13(9(3)4)8-11(10)12-6-2/h5-6,9H,1,7-8H2,2-4H3/b12-6-. The first-order valence-corrected chi connectivity index (χ1v) is 4.76. The van der Waals surface area contributed by atoms with Crippen LogP contribution in [0.15, 0.2) is 28.9 Å². The monoisotopic (exact) mass is 178 g/mol. The van der Waals surface area contributed by atoms with Gasteiger partial charge in [-0.15, -0.1) is 0 Å². The molecule has 0 radical (unpaired) electrons. The molecule has 0 atom stereocenters. The first-order valence-electron chi connectivity index (χ1n) is 4.76. The van der Waals surface area contributed by atoms with Crippen molar-refractivity contribution in [3.8, 4) is 0 Å². The zero-order valence-electron chi connectivity index (χ0n) is 8.75. The molecule has 0 aromatic rings. The molecule has 0 aliphatic carbocycles. The number of aliphatic imine (C=N–C) groups is 1. The molecule has 1 aliphatic heterocycles. The second-order valence-corrected chi connectivity index (χ2v) is 3.56. The van der Waals surface area contributed by atoms with Crippen LogP contribution in [-0.4, -0.2) is 30.2 Å². The zero-order valence-corrected chi connectivity index (χ0v) is 8.75. The molecule has 0 aromatic carbocycles. The summed E-state index contributed by atoms with van der Waals surface area (Å²) in [6.07, 6.45) is 3.77. The molecule has 0 bridgehead atoms. The van der Waals surface area contributed by atoms with Crippen molar-refractivity contribution < 1.29 is 0 Å². The van der Waals surface area contributed by atoms with Crippen molar-refractivity contribution in [1.82, 2.24) is 4.90 Å². The fourth-order valence-corrected chi connectivity index (χ4v) is 1.49. The SMILES string of the molecule is C=CC1=C(/N=C\C)CN(C(C)C)C1. The Morgan fingerprint density at radius 3 is 2.62 bits per heavy atom. The summed E-state index contributed by atoms with van der Waals surface area (Å²) in [5, 5.41) is 0. The second-order valence-electron chi connectivity index (χ2n) is 3.56.